The van der Waals surface area contributed by atoms with Gasteiger partial charge < -0.3 is 0 Å². The number of aromatic nitrogens is 1. The van der Waals surface area contributed by atoms with Crippen molar-refractivity contribution in [2.45, 2.75) is 6.43 Å². The fourth-order valence-electron chi connectivity index (χ4n) is 0.842. The number of pyridine rings is 1. The maximum Gasteiger partial charge on any atom is 0.309 e. The van der Waals surface area contributed by atoms with Crippen LogP contribution < -0.4 is 0 Å². The molecule has 0 amide bonds. The Morgan fingerprint density at radius 3 is 2.64 bits per heavy atom. The summed E-state index contributed by atoms with van der Waals surface area (Å²) in [7, 11) is 0. The molecule has 0 bridgehead atoms. The zero-order valence-corrected chi connectivity index (χ0v) is 10.1. The minimum Gasteiger partial charge on any atom is -0.258 e. The Morgan fingerprint density at radius 1 is 1.64 bits per heavy atom. The number of hydrogen-bond acceptors (Lipinski definition) is 3. The van der Waals surface area contributed by atoms with Crippen LogP contribution in [0, 0.1) is 13.8 Å². The predicted octanol–water partition coefficient (Wildman–Crippen LogP) is 3.29. The average molecular weight is 379 g/mol. The Bertz CT molecular complexity index is 388. The van der Waals surface area contributed by atoms with Crippen molar-refractivity contribution in [1.29, 1.82) is 0 Å². The minimum absolute atomic E-state index is 0.0581. The summed E-state index contributed by atoms with van der Waals surface area (Å²) in [6, 6.07) is 0.949. The van der Waals surface area contributed by atoms with Gasteiger partial charge in [0.05, 0.1) is 4.92 Å². The summed E-state index contributed by atoms with van der Waals surface area (Å²) in [5, 5.41) is 10.5. The molecule has 0 N–H and O–H groups in total. The molecular weight excluding hydrogens is 377 g/mol. The second-order valence-electron chi connectivity index (χ2n) is 2.23. The van der Waals surface area contributed by atoms with E-state index in [1.54, 1.807) is 22.6 Å². The first-order chi connectivity index (χ1) is 6.43. The molecule has 1 rings (SSSR count). The van der Waals surface area contributed by atoms with E-state index < -0.39 is 22.6 Å². The Morgan fingerprint density at radius 2 is 2.21 bits per heavy atom. The third-order valence-corrected chi connectivity index (χ3v) is 2.52. The van der Waals surface area contributed by atoms with E-state index in [0.717, 1.165) is 6.07 Å². The minimum atomic E-state index is -2.89. The van der Waals surface area contributed by atoms with Gasteiger partial charge in [0.25, 0.3) is 6.43 Å². The lowest BCUT2D eigenvalue weighted by Gasteiger charge is -2.03. The molecule has 0 saturated carbocycles. The molecule has 0 unspecified atom stereocenters. The fourth-order valence-corrected chi connectivity index (χ4v) is 2.37. The molecule has 0 aliphatic rings. The van der Waals surface area contributed by atoms with Gasteiger partial charge in [0, 0.05) is 0 Å². The average Bonchev–Trinajstić information content (AvgIpc) is 2.01. The molecule has 0 fully saturated rings. The molecule has 0 aliphatic carbocycles. The van der Waals surface area contributed by atoms with Crippen LogP contribution in [0.2, 0.25) is 0 Å². The summed E-state index contributed by atoms with van der Waals surface area (Å²) < 4.78 is 24.9. The van der Waals surface area contributed by atoms with Crippen molar-refractivity contribution in [2.75, 3.05) is 0 Å². The number of alkyl halides is 2. The van der Waals surface area contributed by atoms with Gasteiger partial charge in [0.15, 0.2) is 3.70 Å². The third kappa shape index (κ3) is 2.35. The van der Waals surface area contributed by atoms with E-state index in [1.807, 2.05) is 0 Å². The van der Waals surface area contributed by atoms with Crippen LogP contribution in [0.25, 0.3) is 0 Å². The van der Waals surface area contributed by atoms with Gasteiger partial charge in [-0.3, -0.25) is 10.1 Å². The quantitative estimate of drug-likeness (QED) is 0.343. The monoisotopic (exact) mass is 378 g/mol. The van der Waals surface area contributed by atoms with Gasteiger partial charge in [0.1, 0.15) is 10.2 Å². The number of hydrogen-bond donors (Lipinski definition) is 0. The lowest BCUT2D eigenvalue weighted by atomic mass is 10.2. The van der Waals surface area contributed by atoms with E-state index in [2.05, 4.69) is 20.9 Å². The maximum atomic E-state index is 12.4. The van der Waals surface area contributed by atoms with Gasteiger partial charge in [-0.1, -0.05) is 0 Å². The summed E-state index contributed by atoms with van der Waals surface area (Å²) >= 11 is 4.44. The van der Waals surface area contributed by atoms with Crippen molar-refractivity contribution < 1.29 is 13.7 Å². The Kier molecular flexibility index (Phi) is 3.70. The molecule has 0 aromatic carbocycles. The van der Waals surface area contributed by atoms with Gasteiger partial charge in [-0.25, -0.2) is 13.8 Å². The molecule has 8 heteroatoms. The molecular formula is C6H2BrF2IN2O2. The van der Waals surface area contributed by atoms with Gasteiger partial charge >= 0.3 is 5.69 Å². The molecule has 1 aromatic rings. The molecule has 4 nitrogen and oxygen atoms in total. The first kappa shape index (κ1) is 11.7. The first-order valence-electron chi connectivity index (χ1n) is 3.22. The van der Waals surface area contributed by atoms with Crippen LogP contribution in [0.1, 0.15) is 12.0 Å². The highest BCUT2D eigenvalue weighted by Gasteiger charge is 2.26. The van der Waals surface area contributed by atoms with Gasteiger partial charge in [-0.15, -0.1) is 0 Å². The van der Waals surface area contributed by atoms with Gasteiger partial charge in [0.2, 0.25) is 0 Å². The number of nitrogens with zero attached hydrogens (tertiary/aromatic N) is 2. The second-order valence-corrected chi connectivity index (χ2v) is 4.07. The number of rotatable bonds is 2. The van der Waals surface area contributed by atoms with Crippen molar-refractivity contribution in [3.8, 4) is 0 Å². The largest absolute Gasteiger partial charge is 0.309 e. The molecule has 0 saturated heterocycles. The molecule has 1 heterocycles. The number of halogens is 4. The summed E-state index contributed by atoms with van der Waals surface area (Å²) in [6.07, 6.45) is -2.89. The number of nitro groups is 1. The normalized spacial score (nSPS) is 10.6. The van der Waals surface area contributed by atoms with E-state index in [4.69, 9.17) is 0 Å². The van der Waals surface area contributed by atoms with E-state index in [-0.39, 0.29) is 8.30 Å². The van der Waals surface area contributed by atoms with Crippen LogP contribution >= 0.6 is 38.5 Å². The summed E-state index contributed by atoms with van der Waals surface area (Å²) in [5.41, 5.74) is -1.26. The lowest BCUT2D eigenvalue weighted by Crippen LogP contribution is -2.01. The molecule has 1 aromatic heterocycles. The van der Waals surface area contributed by atoms with Crippen LogP contribution in [0.4, 0.5) is 14.5 Å². The van der Waals surface area contributed by atoms with E-state index in [9.17, 15) is 18.9 Å². The standard InChI is InChI=1S/C6H2BrF2IN2O2/c7-3-1-2(5(8)9)4(12(13)14)6(10)11-3/h1,5H. The molecule has 14 heavy (non-hydrogen) atoms. The van der Waals surface area contributed by atoms with Crippen molar-refractivity contribution in [3.63, 3.8) is 0 Å². The smallest absolute Gasteiger partial charge is 0.258 e. The Hall–Kier alpha value is -0.380. The van der Waals surface area contributed by atoms with Crippen molar-refractivity contribution in [2.24, 2.45) is 0 Å². The first-order valence-corrected chi connectivity index (χ1v) is 5.09. The van der Waals surface area contributed by atoms with Crippen molar-refractivity contribution in [3.05, 3.63) is 30.0 Å². The summed E-state index contributed by atoms with van der Waals surface area (Å²) in [6.45, 7) is 0. The molecule has 0 atom stereocenters. The highest BCUT2D eigenvalue weighted by Crippen LogP contribution is 2.33. The SMILES string of the molecule is O=[N+]([O-])c1c(C(F)F)cc(Br)nc1I. The lowest BCUT2D eigenvalue weighted by molar-refractivity contribution is -0.387. The second kappa shape index (κ2) is 4.43. The van der Waals surface area contributed by atoms with E-state index in [1.165, 1.54) is 0 Å². The molecule has 0 aliphatic heterocycles. The van der Waals surface area contributed by atoms with Crippen LogP contribution in [-0.4, -0.2) is 9.91 Å². The van der Waals surface area contributed by atoms with Crippen molar-refractivity contribution in [1.82, 2.24) is 4.98 Å². The van der Waals surface area contributed by atoms with Crippen LogP contribution in [0.15, 0.2) is 10.7 Å². The van der Waals surface area contributed by atoms with Gasteiger partial charge in [-0.2, -0.15) is 0 Å². The van der Waals surface area contributed by atoms with Crippen LogP contribution in [-0.2, 0) is 0 Å². The third-order valence-electron chi connectivity index (χ3n) is 1.37. The summed E-state index contributed by atoms with van der Waals surface area (Å²) in [5.74, 6) is 0. The maximum absolute atomic E-state index is 12.4. The zero-order chi connectivity index (χ0) is 10.9. The summed E-state index contributed by atoms with van der Waals surface area (Å²) in [4.78, 5) is 13.3. The topological polar surface area (TPSA) is 56.0 Å². The van der Waals surface area contributed by atoms with Gasteiger partial charge in [-0.05, 0) is 44.6 Å². The Balaban J connectivity index is 3.44. The fraction of sp³-hybridized carbons (Fsp3) is 0.167. The molecule has 0 radical (unpaired) electrons. The zero-order valence-electron chi connectivity index (χ0n) is 6.38. The van der Waals surface area contributed by atoms with Crippen molar-refractivity contribution >= 4 is 44.2 Å². The van der Waals surface area contributed by atoms with E-state index in [0.29, 0.717) is 0 Å². The van der Waals surface area contributed by atoms with Crippen LogP contribution in [0.5, 0.6) is 0 Å². The highest BCUT2D eigenvalue weighted by molar-refractivity contribution is 14.1. The predicted molar refractivity (Wildman–Crippen MR) is 56.3 cm³/mol. The highest BCUT2D eigenvalue weighted by atomic mass is 127. The van der Waals surface area contributed by atoms with E-state index >= 15 is 0 Å². The van der Waals surface area contributed by atoms with Crippen LogP contribution in [0.3, 0.4) is 0 Å². The molecule has 0 spiro atoms. The Labute approximate surface area is 99.1 Å². The molecule has 76 valence electrons.